The van der Waals surface area contributed by atoms with Gasteiger partial charge in [-0.25, -0.2) is 4.79 Å². The summed E-state index contributed by atoms with van der Waals surface area (Å²) in [5.41, 5.74) is 2.36. The molecule has 1 aliphatic rings. The molecule has 0 unspecified atom stereocenters. The molecule has 1 heterocycles. The van der Waals surface area contributed by atoms with Gasteiger partial charge in [0.25, 0.3) is 0 Å². The first-order chi connectivity index (χ1) is 11.2. The van der Waals surface area contributed by atoms with Crippen molar-refractivity contribution in [3.8, 4) is 23.3 Å². The maximum Gasteiger partial charge on any atom is 0.341 e. The summed E-state index contributed by atoms with van der Waals surface area (Å²) in [4.78, 5) is 10.7. The molecular weight excluding hydrogens is 297 g/mol. The third kappa shape index (κ3) is 3.44. The fourth-order valence-corrected chi connectivity index (χ4v) is 2.15. The minimum atomic E-state index is -1.11. The molecule has 2 aromatic carbocycles. The van der Waals surface area contributed by atoms with Gasteiger partial charge in [-0.3, -0.25) is 0 Å². The molecule has 3 rings (SSSR count). The maximum absolute atomic E-state index is 10.7. The van der Waals surface area contributed by atoms with Crippen molar-refractivity contribution in [3.05, 3.63) is 47.5 Å². The first-order valence-electron chi connectivity index (χ1n) is 6.80. The van der Waals surface area contributed by atoms with Gasteiger partial charge in [0.05, 0.1) is 18.2 Å². The summed E-state index contributed by atoms with van der Waals surface area (Å²) in [6.45, 7) is -0.0273. The fraction of sp³-hybridized carbons (Fsp3) is 0.125. The van der Waals surface area contributed by atoms with Gasteiger partial charge in [0.15, 0.2) is 18.1 Å². The Kier molecular flexibility index (Phi) is 4.17. The van der Waals surface area contributed by atoms with Crippen LogP contribution in [0.4, 0.5) is 0 Å². The molecule has 1 N–H and O–H groups in total. The molecule has 0 bridgehead atoms. The highest BCUT2D eigenvalue weighted by molar-refractivity contribution is 6.48. The number of carboxylic acids is 1. The van der Waals surface area contributed by atoms with Crippen LogP contribution in [0.5, 0.6) is 17.2 Å². The number of ether oxygens (including phenoxy) is 2. The van der Waals surface area contributed by atoms with Crippen molar-refractivity contribution in [1.29, 1.82) is 5.26 Å². The Hall–Kier alpha value is -2.98. The molecule has 2 aromatic rings. The minimum Gasteiger partial charge on any atom is -0.479 e. The van der Waals surface area contributed by atoms with Crippen LogP contribution in [0.25, 0.3) is 0 Å². The largest absolute Gasteiger partial charge is 0.479 e. The molecule has 0 aliphatic carbocycles. The third-order valence-corrected chi connectivity index (χ3v) is 3.22. The molecular formula is C16H11BNO5. The van der Waals surface area contributed by atoms with Crippen molar-refractivity contribution in [1.82, 2.24) is 0 Å². The highest BCUT2D eigenvalue weighted by atomic mass is 16.5. The zero-order valence-electron chi connectivity index (χ0n) is 12.0. The Bertz CT molecular complexity index is 800. The number of fused-ring (bicyclic) bond motifs is 1. The van der Waals surface area contributed by atoms with Gasteiger partial charge >= 0.3 is 13.5 Å². The van der Waals surface area contributed by atoms with Gasteiger partial charge in [-0.1, -0.05) is 6.07 Å². The van der Waals surface area contributed by atoms with E-state index >= 15 is 0 Å². The molecule has 113 valence electrons. The van der Waals surface area contributed by atoms with E-state index in [-0.39, 0.29) is 5.75 Å². The predicted molar refractivity (Wildman–Crippen MR) is 81.0 cm³/mol. The number of nitrogens with zero attached hydrogens (tertiary/aromatic N) is 1. The molecule has 0 spiro atoms. The van der Waals surface area contributed by atoms with E-state index in [2.05, 4.69) is 0 Å². The average molecular weight is 308 g/mol. The molecule has 0 atom stereocenters. The van der Waals surface area contributed by atoms with E-state index in [1.165, 1.54) is 6.07 Å². The second kappa shape index (κ2) is 6.42. The molecule has 23 heavy (non-hydrogen) atoms. The van der Waals surface area contributed by atoms with E-state index in [0.29, 0.717) is 23.7 Å². The molecule has 7 heteroatoms. The van der Waals surface area contributed by atoms with Crippen molar-refractivity contribution in [2.24, 2.45) is 0 Å². The minimum absolute atomic E-state index is 0.203. The van der Waals surface area contributed by atoms with E-state index in [0.717, 1.165) is 11.0 Å². The first kappa shape index (κ1) is 14.9. The van der Waals surface area contributed by atoms with Crippen LogP contribution in [-0.4, -0.2) is 25.2 Å². The fourth-order valence-electron chi connectivity index (χ4n) is 2.15. The van der Waals surface area contributed by atoms with Crippen LogP contribution in [-0.2, 0) is 16.1 Å². The van der Waals surface area contributed by atoms with E-state index < -0.39 is 12.6 Å². The van der Waals surface area contributed by atoms with Gasteiger partial charge in [0, 0.05) is 6.07 Å². The summed E-state index contributed by atoms with van der Waals surface area (Å²) in [6.07, 6.45) is 0. The number of hydrogen-bond acceptors (Lipinski definition) is 5. The highest BCUT2D eigenvalue weighted by Gasteiger charge is 2.15. The smallest absolute Gasteiger partial charge is 0.341 e. The van der Waals surface area contributed by atoms with Crippen molar-refractivity contribution >= 4 is 18.9 Å². The number of hydrogen-bond donors (Lipinski definition) is 1. The second-order valence-corrected chi connectivity index (χ2v) is 4.85. The van der Waals surface area contributed by atoms with Crippen LogP contribution in [0.3, 0.4) is 0 Å². The van der Waals surface area contributed by atoms with Gasteiger partial charge in [-0.15, -0.1) is 0 Å². The van der Waals surface area contributed by atoms with Crippen molar-refractivity contribution < 1.29 is 24.0 Å². The molecule has 0 saturated carbocycles. The standard InChI is InChI=1S/C16H11BNO5/c18-7-10-1-4-14(15(5-10)21-9-16(19)20)23-12-2-3-13-11(6-12)8-22-17-13/h1-6H,8-9H2,(H,19,20). The van der Waals surface area contributed by atoms with Gasteiger partial charge < -0.3 is 19.2 Å². The SMILES string of the molecule is N#Cc1ccc(Oc2ccc3c(c2)CO[B]3)c(OCC(=O)O)c1. The van der Waals surface area contributed by atoms with E-state index in [1.54, 1.807) is 25.7 Å². The van der Waals surface area contributed by atoms with E-state index in [4.69, 9.17) is 24.5 Å². The summed E-state index contributed by atoms with van der Waals surface area (Å²) in [7, 11) is 1.68. The molecule has 1 aliphatic heterocycles. The summed E-state index contributed by atoms with van der Waals surface area (Å²) in [5.74, 6) is 0.0129. The first-order valence-corrected chi connectivity index (χ1v) is 6.80. The lowest BCUT2D eigenvalue weighted by Gasteiger charge is -2.12. The predicted octanol–water partition coefficient (Wildman–Crippen LogP) is 1.59. The Morgan fingerprint density at radius 2 is 2.17 bits per heavy atom. The van der Waals surface area contributed by atoms with Crippen molar-refractivity contribution in [2.45, 2.75) is 6.61 Å². The molecule has 6 nitrogen and oxygen atoms in total. The van der Waals surface area contributed by atoms with E-state index in [9.17, 15) is 4.79 Å². The van der Waals surface area contributed by atoms with Crippen LogP contribution < -0.4 is 14.9 Å². The average Bonchev–Trinajstić information content (AvgIpc) is 3.01. The molecule has 1 radical (unpaired) electrons. The maximum atomic E-state index is 10.7. The summed E-state index contributed by atoms with van der Waals surface area (Å²) in [6, 6.07) is 12.1. The molecule has 0 saturated heterocycles. The lowest BCUT2D eigenvalue weighted by molar-refractivity contribution is -0.139. The Balaban J connectivity index is 1.86. The van der Waals surface area contributed by atoms with Crippen LogP contribution in [0.1, 0.15) is 11.1 Å². The Labute approximate surface area is 133 Å². The number of carbonyl (C=O) groups is 1. The quantitative estimate of drug-likeness (QED) is 0.844. The second-order valence-electron chi connectivity index (χ2n) is 4.85. The molecule has 0 aromatic heterocycles. The third-order valence-electron chi connectivity index (χ3n) is 3.22. The normalized spacial score (nSPS) is 12.0. The Morgan fingerprint density at radius 1 is 1.30 bits per heavy atom. The topological polar surface area (TPSA) is 88.8 Å². The van der Waals surface area contributed by atoms with Gasteiger partial charge in [0.1, 0.15) is 5.75 Å². The number of carboxylic acid groups (broad SMARTS) is 1. The highest BCUT2D eigenvalue weighted by Crippen LogP contribution is 2.33. The number of benzene rings is 2. The van der Waals surface area contributed by atoms with Gasteiger partial charge in [0.2, 0.25) is 0 Å². The summed E-state index contributed by atoms with van der Waals surface area (Å²) < 4.78 is 16.2. The lowest BCUT2D eigenvalue weighted by Crippen LogP contribution is -2.11. The van der Waals surface area contributed by atoms with E-state index in [1.807, 2.05) is 18.2 Å². The summed E-state index contributed by atoms with van der Waals surface area (Å²) in [5, 5.41) is 17.7. The number of nitriles is 1. The van der Waals surface area contributed by atoms with Crippen LogP contribution in [0.2, 0.25) is 0 Å². The number of rotatable bonds is 5. The Morgan fingerprint density at radius 3 is 2.96 bits per heavy atom. The zero-order chi connectivity index (χ0) is 16.2. The van der Waals surface area contributed by atoms with Gasteiger partial charge in [-0.05, 0) is 35.3 Å². The van der Waals surface area contributed by atoms with Crippen LogP contribution in [0.15, 0.2) is 36.4 Å². The summed E-state index contributed by atoms with van der Waals surface area (Å²) >= 11 is 0. The van der Waals surface area contributed by atoms with Crippen molar-refractivity contribution in [3.63, 3.8) is 0 Å². The monoisotopic (exact) mass is 308 g/mol. The molecule has 0 amide bonds. The van der Waals surface area contributed by atoms with Crippen LogP contribution >= 0.6 is 0 Å². The van der Waals surface area contributed by atoms with Crippen LogP contribution in [0, 0.1) is 11.3 Å². The zero-order valence-corrected chi connectivity index (χ0v) is 12.0. The lowest BCUT2D eigenvalue weighted by atomic mass is 9.87. The number of aliphatic carboxylic acids is 1. The van der Waals surface area contributed by atoms with Gasteiger partial charge in [-0.2, -0.15) is 5.26 Å². The van der Waals surface area contributed by atoms with Crippen molar-refractivity contribution in [2.75, 3.05) is 6.61 Å². The molecule has 0 fully saturated rings.